The molecule has 2 unspecified atom stereocenters. The summed E-state index contributed by atoms with van der Waals surface area (Å²) in [5.41, 5.74) is 2.14. The van der Waals surface area contributed by atoms with Crippen molar-refractivity contribution in [3.05, 3.63) is 60.2 Å². The first-order chi connectivity index (χ1) is 13.7. The lowest BCUT2D eigenvalue weighted by Gasteiger charge is -2.26. The maximum atomic E-state index is 12.3. The number of aromatic nitrogens is 2. The fraction of sp³-hybridized carbons (Fsp3) is 0.400. The van der Waals surface area contributed by atoms with Crippen LogP contribution in [-0.4, -0.2) is 56.2 Å². The van der Waals surface area contributed by atoms with E-state index in [2.05, 4.69) is 9.97 Å². The summed E-state index contributed by atoms with van der Waals surface area (Å²) in [6.07, 6.45) is 8.91. The average Bonchev–Trinajstić information content (AvgIpc) is 3.29. The predicted molar refractivity (Wildman–Crippen MR) is 112 cm³/mol. The summed E-state index contributed by atoms with van der Waals surface area (Å²) in [5, 5.41) is 0.0987. The van der Waals surface area contributed by atoms with Gasteiger partial charge in [0.05, 0.1) is 11.5 Å². The van der Waals surface area contributed by atoms with E-state index in [1.165, 1.54) is 0 Å². The van der Waals surface area contributed by atoms with E-state index in [0.717, 1.165) is 24.0 Å². The van der Waals surface area contributed by atoms with Crippen molar-refractivity contribution in [2.45, 2.75) is 23.6 Å². The van der Waals surface area contributed by atoms with Gasteiger partial charge in [-0.2, -0.15) is 0 Å². The Labute approximate surface area is 173 Å². The molecule has 0 spiro atoms. The first-order valence-corrected chi connectivity index (χ1v) is 11.5. The Morgan fingerprint density at radius 2 is 1.29 bits per heavy atom. The lowest BCUT2D eigenvalue weighted by atomic mass is 10.2. The van der Waals surface area contributed by atoms with E-state index in [4.69, 9.17) is 0 Å². The number of thioether (sulfide) groups is 2. The molecule has 2 atom stereocenters. The Bertz CT molecular complexity index is 752. The Hall–Kier alpha value is -2.06. The molecule has 28 heavy (non-hydrogen) atoms. The minimum atomic E-state index is 0.0494. The Kier molecular flexibility index (Phi) is 6.17. The van der Waals surface area contributed by atoms with Gasteiger partial charge < -0.3 is 9.80 Å². The Balaban J connectivity index is 1.32. The summed E-state index contributed by atoms with van der Waals surface area (Å²) < 4.78 is 0. The minimum absolute atomic E-state index is 0.0494. The molecule has 0 aromatic carbocycles. The van der Waals surface area contributed by atoms with Gasteiger partial charge in [-0.15, -0.1) is 23.5 Å². The minimum Gasteiger partial charge on any atom is -0.326 e. The number of hydrogen-bond acceptors (Lipinski definition) is 6. The van der Waals surface area contributed by atoms with E-state index in [-0.39, 0.29) is 22.6 Å². The second-order valence-electron chi connectivity index (χ2n) is 6.78. The molecule has 2 saturated heterocycles. The standard InChI is InChI=1S/C20H22N4O2S2/c25-17-13-27-19(15-5-3-7-21-11-15)23(17)9-1-2-10-24-18(26)14-28-20(24)16-6-4-8-22-12-16/h3-8,11-12,19-20H,1-2,9-10,13-14H2. The molecule has 4 heterocycles. The molecule has 146 valence electrons. The number of unbranched alkanes of at least 4 members (excludes halogenated alkanes) is 1. The van der Waals surface area contributed by atoms with Crippen LogP contribution in [0.3, 0.4) is 0 Å². The molecule has 0 saturated carbocycles. The molecule has 0 bridgehead atoms. The number of amides is 2. The van der Waals surface area contributed by atoms with Crippen molar-refractivity contribution in [1.82, 2.24) is 19.8 Å². The molecule has 0 radical (unpaired) electrons. The van der Waals surface area contributed by atoms with Crippen LogP contribution in [0.1, 0.15) is 34.7 Å². The lowest BCUT2D eigenvalue weighted by Crippen LogP contribution is -2.32. The molecule has 0 N–H and O–H groups in total. The number of pyridine rings is 2. The molecule has 2 fully saturated rings. The van der Waals surface area contributed by atoms with Gasteiger partial charge in [0.25, 0.3) is 0 Å². The largest absolute Gasteiger partial charge is 0.326 e. The van der Waals surface area contributed by atoms with Gasteiger partial charge in [-0.25, -0.2) is 0 Å². The van der Waals surface area contributed by atoms with Gasteiger partial charge >= 0.3 is 0 Å². The fourth-order valence-electron chi connectivity index (χ4n) is 3.55. The zero-order valence-corrected chi connectivity index (χ0v) is 17.1. The maximum Gasteiger partial charge on any atom is 0.233 e. The van der Waals surface area contributed by atoms with Crippen molar-refractivity contribution in [2.75, 3.05) is 24.6 Å². The third kappa shape index (κ3) is 4.17. The fourth-order valence-corrected chi connectivity index (χ4v) is 5.95. The smallest absolute Gasteiger partial charge is 0.233 e. The van der Waals surface area contributed by atoms with Crippen LogP contribution in [-0.2, 0) is 9.59 Å². The zero-order valence-electron chi connectivity index (χ0n) is 15.4. The molecule has 8 heteroatoms. The summed E-state index contributed by atoms with van der Waals surface area (Å²) in [6.45, 7) is 1.41. The second-order valence-corrected chi connectivity index (χ2v) is 8.92. The van der Waals surface area contributed by atoms with Crippen molar-refractivity contribution in [3.63, 3.8) is 0 Å². The summed E-state index contributed by atoms with van der Waals surface area (Å²) in [5.74, 6) is 1.40. The van der Waals surface area contributed by atoms with Crippen LogP contribution >= 0.6 is 23.5 Å². The molecular formula is C20H22N4O2S2. The van der Waals surface area contributed by atoms with Gasteiger partial charge in [0.15, 0.2) is 0 Å². The van der Waals surface area contributed by atoms with Crippen LogP contribution in [0.25, 0.3) is 0 Å². The molecule has 2 aromatic rings. The molecular weight excluding hydrogens is 392 g/mol. The third-order valence-corrected chi connectivity index (χ3v) is 7.44. The van der Waals surface area contributed by atoms with Crippen LogP contribution in [0.2, 0.25) is 0 Å². The van der Waals surface area contributed by atoms with Crippen molar-refractivity contribution in [2.24, 2.45) is 0 Å². The van der Waals surface area contributed by atoms with Gasteiger partial charge in [-0.3, -0.25) is 19.6 Å². The molecule has 2 aliphatic heterocycles. The molecule has 6 nitrogen and oxygen atoms in total. The Morgan fingerprint density at radius 1 is 0.821 bits per heavy atom. The van der Waals surface area contributed by atoms with Gasteiger partial charge in [0, 0.05) is 49.0 Å². The highest BCUT2D eigenvalue weighted by atomic mass is 32.2. The second kappa shape index (κ2) is 8.96. The average molecular weight is 415 g/mol. The van der Waals surface area contributed by atoms with Crippen LogP contribution in [0.4, 0.5) is 0 Å². The molecule has 0 aliphatic carbocycles. The number of carbonyl (C=O) groups is 2. The van der Waals surface area contributed by atoms with Gasteiger partial charge in [-0.1, -0.05) is 12.1 Å². The predicted octanol–water partition coefficient (Wildman–Crippen LogP) is 3.11. The first-order valence-electron chi connectivity index (χ1n) is 9.36. The van der Waals surface area contributed by atoms with Crippen LogP contribution in [0, 0.1) is 0 Å². The number of hydrogen-bond donors (Lipinski definition) is 0. The third-order valence-electron chi connectivity index (χ3n) is 4.92. The Morgan fingerprint density at radius 3 is 1.68 bits per heavy atom. The van der Waals surface area contributed by atoms with E-state index in [0.29, 0.717) is 24.6 Å². The number of carbonyl (C=O) groups excluding carboxylic acids is 2. The van der Waals surface area contributed by atoms with Crippen LogP contribution < -0.4 is 0 Å². The number of rotatable bonds is 7. The highest BCUT2D eigenvalue weighted by molar-refractivity contribution is 8.00. The van der Waals surface area contributed by atoms with Gasteiger partial charge in [-0.05, 0) is 25.0 Å². The van der Waals surface area contributed by atoms with E-state index < -0.39 is 0 Å². The summed E-state index contributed by atoms with van der Waals surface area (Å²) in [6, 6.07) is 7.86. The van der Waals surface area contributed by atoms with Crippen molar-refractivity contribution < 1.29 is 9.59 Å². The van der Waals surface area contributed by atoms with Crippen LogP contribution in [0.5, 0.6) is 0 Å². The first kappa shape index (κ1) is 19.3. The quantitative estimate of drug-likeness (QED) is 0.649. The molecule has 4 rings (SSSR count). The van der Waals surface area contributed by atoms with E-state index in [1.807, 2.05) is 46.5 Å². The topological polar surface area (TPSA) is 66.4 Å². The maximum absolute atomic E-state index is 12.3. The SMILES string of the molecule is O=C1CSC(c2cccnc2)N1CCCCN1C(=O)CSC1c1cccnc1. The highest BCUT2D eigenvalue weighted by Crippen LogP contribution is 2.39. The molecule has 2 amide bonds. The number of nitrogens with zero attached hydrogens (tertiary/aromatic N) is 4. The molecule has 2 aromatic heterocycles. The van der Waals surface area contributed by atoms with Gasteiger partial charge in [0.2, 0.25) is 11.8 Å². The molecule has 2 aliphatic rings. The van der Waals surface area contributed by atoms with Crippen molar-refractivity contribution in [3.8, 4) is 0 Å². The van der Waals surface area contributed by atoms with Crippen molar-refractivity contribution >= 4 is 35.3 Å². The van der Waals surface area contributed by atoms with Gasteiger partial charge in [0.1, 0.15) is 10.7 Å². The summed E-state index contributed by atoms with van der Waals surface area (Å²) in [4.78, 5) is 36.9. The monoisotopic (exact) mass is 414 g/mol. The lowest BCUT2D eigenvalue weighted by molar-refractivity contribution is -0.129. The zero-order chi connectivity index (χ0) is 19.3. The highest BCUT2D eigenvalue weighted by Gasteiger charge is 2.34. The van der Waals surface area contributed by atoms with E-state index >= 15 is 0 Å². The van der Waals surface area contributed by atoms with Crippen molar-refractivity contribution in [1.29, 1.82) is 0 Å². The normalized spacial score (nSPS) is 22.3. The summed E-state index contributed by atoms with van der Waals surface area (Å²) >= 11 is 3.31. The van der Waals surface area contributed by atoms with Crippen LogP contribution in [0.15, 0.2) is 49.1 Å². The summed E-state index contributed by atoms with van der Waals surface area (Å²) in [7, 11) is 0. The van der Waals surface area contributed by atoms with E-state index in [9.17, 15) is 9.59 Å². The van der Waals surface area contributed by atoms with E-state index in [1.54, 1.807) is 35.9 Å².